The average molecular weight is 559 g/mol. The minimum atomic E-state index is -4.61. The number of nitrogens with two attached hydrogens (primary N) is 1. The molecule has 4 aromatic rings. The minimum Gasteiger partial charge on any atom is -0.326 e. The molecule has 41 heavy (non-hydrogen) atoms. The fourth-order valence-electron chi connectivity index (χ4n) is 5.35. The molecular weight excluding hydrogens is 529 g/mol. The summed E-state index contributed by atoms with van der Waals surface area (Å²) in [5.74, 6) is 0.0255. The molecule has 0 radical (unpaired) electrons. The zero-order valence-corrected chi connectivity index (χ0v) is 22.6. The number of anilines is 1. The van der Waals surface area contributed by atoms with E-state index in [2.05, 4.69) is 16.3 Å². The Hall–Kier alpha value is -4.49. The lowest BCUT2D eigenvalue weighted by Gasteiger charge is -2.18. The molecule has 1 fully saturated rings. The average Bonchev–Trinajstić information content (AvgIpc) is 3.75. The molecule has 2 N–H and O–H groups in total. The predicted molar refractivity (Wildman–Crippen MR) is 150 cm³/mol. The molecule has 0 atom stereocenters. The van der Waals surface area contributed by atoms with Crippen molar-refractivity contribution in [2.75, 3.05) is 4.90 Å². The normalized spacial score (nSPS) is 14.4. The third-order valence-electron chi connectivity index (χ3n) is 7.46. The van der Waals surface area contributed by atoms with Crippen LogP contribution in [0.25, 0.3) is 22.5 Å². The van der Waals surface area contributed by atoms with Gasteiger partial charge in [-0.1, -0.05) is 50.3 Å². The molecule has 6 rings (SSSR count). The van der Waals surface area contributed by atoms with Crippen LogP contribution in [0.1, 0.15) is 64.7 Å². The number of carbonyl (C=O) groups is 1. The van der Waals surface area contributed by atoms with Crippen LogP contribution in [0.15, 0.2) is 60.9 Å². The molecule has 10 heteroatoms. The second kappa shape index (κ2) is 11.6. The Bertz CT molecular complexity index is 1620. The summed E-state index contributed by atoms with van der Waals surface area (Å²) < 4.78 is 43.0. The first kappa shape index (κ1) is 28.1. The fraction of sp³-hybridized carbons (Fsp3) is 0.290. The van der Waals surface area contributed by atoms with E-state index in [4.69, 9.17) is 5.73 Å². The monoisotopic (exact) mass is 558 g/mol. The van der Waals surface area contributed by atoms with E-state index in [0.717, 1.165) is 11.6 Å². The van der Waals surface area contributed by atoms with Gasteiger partial charge in [0.2, 0.25) is 0 Å². The van der Waals surface area contributed by atoms with Gasteiger partial charge >= 0.3 is 6.18 Å². The maximum Gasteiger partial charge on any atom is 0.416 e. The van der Waals surface area contributed by atoms with E-state index in [1.165, 1.54) is 43.1 Å². The highest BCUT2D eigenvalue weighted by molar-refractivity contribution is 6.10. The van der Waals surface area contributed by atoms with Crippen molar-refractivity contribution in [3.63, 3.8) is 0 Å². The van der Waals surface area contributed by atoms with Gasteiger partial charge in [0.15, 0.2) is 5.82 Å². The van der Waals surface area contributed by atoms with Crippen LogP contribution in [0.5, 0.6) is 0 Å². The number of carbonyl (C=O) groups excluding carboxylic acids is 1. The number of halogens is 3. The van der Waals surface area contributed by atoms with Gasteiger partial charge in [-0.3, -0.25) is 4.79 Å². The molecule has 1 aromatic heterocycles. The first-order valence-corrected chi connectivity index (χ1v) is 13.4. The number of hydrogen-bond donors (Lipinski definition) is 1. The molecule has 0 bridgehead atoms. The van der Waals surface area contributed by atoms with Crippen LogP contribution < -0.4 is 10.6 Å². The number of benzene rings is 3. The van der Waals surface area contributed by atoms with Gasteiger partial charge < -0.3 is 15.2 Å². The number of nitriles is 1. The smallest absolute Gasteiger partial charge is 0.326 e. The maximum atomic E-state index is 13.8. The highest BCUT2D eigenvalue weighted by Gasteiger charge is 2.40. The summed E-state index contributed by atoms with van der Waals surface area (Å²) in [6.07, 6.45) is 4.43. The lowest BCUT2D eigenvalue weighted by atomic mass is 9.96. The Morgan fingerprint density at radius 1 is 0.976 bits per heavy atom. The van der Waals surface area contributed by atoms with Crippen LogP contribution in [0.4, 0.5) is 18.9 Å². The van der Waals surface area contributed by atoms with E-state index in [-0.39, 0.29) is 29.8 Å². The number of aryl methyl sites for hydroxylation is 1. The lowest BCUT2D eigenvalue weighted by molar-refractivity contribution is -0.138. The van der Waals surface area contributed by atoms with Gasteiger partial charge in [-0.15, -0.1) is 10.2 Å². The van der Waals surface area contributed by atoms with Gasteiger partial charge in [-0.05, 0) is 58.7 Å². The van der Waals surface area contributed by atoms with Gasteiger partial charge in [-0.25, -0.2) is 0 Å². The Balaban J connectivity index is 0.000000610. The number of fused-ring (bicyclic) bond motifs is 1. The molecule has 0 unspecified atom stereocenters. The Kier molecular flexibility index (Phi) is 7.90. The van der Waals surface area contributed by atoms with E-state index in [0.29, 0.717) is 28.2 Å². The second-order valence-electron chi connectivity index (χ2n) is 10.2. The summed E-state index contributed by atoms with van der Waals surface area (Å²) in [5, 5.41) is 17.5. The van der Waals surface area contributed by atoms with Crippen molar-refractivity contribution in [2.45, 2.75) is 51.4 Å². The van der Waals surface area contributed by atoms with Crippen LogP contribution in [0.2, 0.25) is 0 Å². The summed E-state index contributed by atoms with van der Waals surface area (Å²) in [4.78, 5) is 14.6. The molecule has 1 saturated carbocycles. The van der Waals surface area contributed by atoms with Crippen LogP contribution >= 0.6 is 0 Å². The van der Waals surface area contributed by atoms with Crippen LogP contribution in [0.3, 0.4) is 0 Å². The number of aromatic nitrogens is 3. The topological polar surface area (TPSA) is 101 Å². The quantitative estimate of drug-likeness (QED) is 0.304. The van der Waals surface area contributed by atoms with Crippen molar-refractivity contribution in [3.8, 4) is 28.6 Å². The predicted octanol–water partition coefficient (Wildman–Crippen LogP) is 6.61. The molecule has 1 amide bonds. The third kappa shape index (κ3) is 5.72. The largest absolute Gasteiger partial charge is 0.416 e. The second-order valence-corrected chi connectivity index (χ2v) is 10.2. The van der Waals surface area contributed by atoms with Crippen molar-refractivity contribution < 1.29 is 18.0 Å². The Morgan fingerprint density at radius 3 is 2.32 bits per heavy atom. The molecule has 1 aliphatic heterocycles. The standard InChI is InChI=1S/C26H19F3N6O.C5H10/c1-34-14-32-33-24(34)20-7-15(11-30)5-6-19(20)17-3-2-4-18(10-17)35-13-22-21(25(35)36)8-16(12-31)9-23(22)26(27,28)29;1-2-4-5-3-1/h2-10,14H,12-13,31H2,1H3;1-5H2. The Morgan fingerprint density at radius 2 is 1.71 bits per heavy atom. The van der Waals surface area contributed by atoms with Gasteiger partial charge in [-0.2, -0.15) is 18.4 Å². The summed E-state index contributed by atoms with van der Waals surface area (Å²) in [5.41, 5.74) is 7.93. The highest BCUT2D eigenvalue weighted by atomic mass is 19.4. The van der Waals surface area contributed by atoms with Crippen LogP contribution in [0, 0.1) is 11.3 Å². The van der Waals surface area contributed by atoms with E-state index in [9.17, 15) is 23.2 Å². The lowest BCUT2D eigenvalue weighted by Crippen LogP contribution is -2.23. The number of nitrogens with zero attached hydrogens (tertiary/aromatic N) is 5. The first-order valence-electron chi connectivity index (χ1n) is 13.4. The summed E-state index contributed by atoms with van der Waals surface area (Å²) >= 11 is 0. The molecule has 7 nitrogen and oxygen atoms in total. The van der Waals surface area contributed by atoms with Crippen LogP contribution in [-0.4, -0.2) is 20.7 Å². The van der Waals surface area contributed by atoms with Crippen molar-refractivity contribution in [1.82, 2.24) is 14.8 Å². The molecule has 0 saturated heterocycles. The number of hydrogen-bond acceptors (Lipinski definition) is 5. The van der Waals surface area contributed by atoms with E-state index in [1.54, 1.807) is 54.3 Å². The third-order valence-corrected chi connectivity index (χ3v) is 7.46. The molecule has 2 aliphatic rings. The maximum absolute atomic E-state index is 13.8. The summed E-state index contributed by atoms with van der Waals surface area (Å²) in [7, 11) is 1.78. The van der Waals surface area contributed by atoms with Gasteiger partial charge in [0, 0.05) is 30.4 Å². The minimum absolute atomic E-state index is 0.00817. The summed E-state index contributed by atoms with van der Waals surface area (Å²) in [6.45, 7) is -0.316. The number of amides is 1. The molecule has 210 valence electrons. The fourth-order valence-corrected chi connectivity index (χ4v) is 5.35. The zero-order chi connectivity index (χ0) is 29.1. The van der Waals surface area contributed by atoms with Crippen molar-refractivity contribution >= 4 is 11.6 Å². The molecule has 1 aliphatic carbocycles. The van der Waals surface area contributed by atoms with Crippen LogP contribution in [-0.2, 0) is 26.3 Å². The van der Waals surface area contributed by atoms with Crippen molar-refractivity contribution in [1.29, 1.82) is 5.26 Å². The van der Waals surface area contributed by atoms with Gasteiger partial charge in [0.1, 0.15) is 6.33 Å². The molecule has 0 spiro atoms. The van der Waals surface area contributed by atoms with Gasteiger partial charge in [0.25, 0.3) is 5.91 Å². The van der Waals surface area contributed by atoms with E-state index >= 15 is 0 Å². The van der Waals surface area contributed by atoms with Crippen molar-refractivity contribution in [3.05, 3.63) is 88.7 Å². The molecule has 2 heterocycles. The van der Waals surface area contributed by atoms with Gasteiger partial charge in [0.05, 0.1) is 23.7 Å². The SMILES string of the molecule is C1CCCC1.Cn1cnnc1-c1cc(C#N)ccc1-c1cccc(N2Cc3c(cc(CN)cc3C(F)(F)F)C2=O)c1. The number of alkyl halides is 3. The zero-order valence-electron chi connectivity index (χ0n) is 22.6. The number of rotatable bonds is 4. The van der Waals surface area contributed by atoms with E-state index < -0.39 is 17.6 Å². The molecular formula is C31H29F3N6O. The van der Waals surface area contributed by atoms with Crippen molar-refractivity contribution in [2.24, 2.45) is 12.8 Å². The summed E-state index contributed by atoms with van der Waals surface area (Å²) in [6, 6.07) is 16.7. The Labute approximate surface area is 236 Å². The molecule has 3 aromatic carbocycles. The van der Waals surface area contributed by atoms with E-state index in [1.807, 2.05) is 6.07 Å². The highest BCUT2D eigenvalue weighted by Crippen LogP contribution is 2.40. The first-order chi connectivity index (χ1) is 19.7.